The van der Waals surface area contributed by atoms with Crippen molar-refractivity contribution in [3.8, 4) is 0 Å². The number of aliphatic hydroxyl groups excluding tert-OH is 1. The van der Waals surface area contributed by atoms with E-state index in [0.29, 0.717) is 5.92 Å². The molecule has 4 heteroatoms. The Hall–Kier alpha value is -0.840. The van der Waals surface area contributed by atoms with E-state index in [1.807, 2.05) is 26.0 Å². The first-order valence-electron chi connectivity index (χ1n) is 6.80. The summed E-state index contributed by atoms with van der Waals surface area (Å²) in [5.74, 6) is 1.37. The molecule has 2 rings (SSSR count). The second kappa shape index (κ2) is 5.87. The summed E-state index contributed by atoms with van der Waals surface area (Å²) in [6.45, 7) is 5.86. The van der Waals surface area contributed by atoms with Crippen LogP contribution < -0.4 is 5.73 Å². The highest BCUT2D eigenvalue weighted by atomic mass is 16.3. The molecule has 0 aliphatic carbocycles. The van der Waals surface area contributed by atoms with Gasteiger partial charge in [-0.25, -0.2) is 0 Å². The van der Waals surface area contributed by atoms with E-state index in [2.05, 4.69) is 4.90 Å². The Kier molecular flexibility index (Phi) is 4.43. The zero-order chi connectivity index (χ0) is 13.1. The quantitative estimate of drug-likeness (QED) is 0.857. The van der Waals surface area contributed by atoms with Crippen molar-refractivity contribution in [3.05, 3.63) is 24.2 Å². The fourth-order valence-corrected chi connectivity index (χ4v) is 2.91. The zero-order valence-electron chi connectivity index (χ0n) is 11.2. The number of piperidine rings is 1. The molecular formula is C14H24N2O2. The lowest BCUT2D eigenvalue weighted by Crippen LogP contribution is -2.44. The monoisotopic (exact) mass is 252 g/mol. The van der Waals surface area contributed by atoms with Crippen molar-refractivity contribution in [2.75, 3.05) is 13.1 Å². The lowest BCUT2D eigenvalue weighted by atomic mass is 9.90. The summed E-state index contributed by atoms with van der Waals surface area (Å²) in [4.78, 5) is 2.38. The van der Waals surface area contributed by atoms with Gasteiger partial charge < -0.3 is 15.3 Å². The molecular weight excluding hydrogens is 228 g/mol. The second-order valence-corrected chi connectivity index (χ2v) is 5.43. The van der Waals surface area contributed by atoms with E-state index < -0.39 is 0 Å². The molecule has 0 amide bonds. The molecule has 3 unspecified atom stereocenters. The third kappa shape index (κ3) is 2.94. The summed E-state index contributed by atoms with van der Waals surface area (Å²) in [5, 5.41) is 9.63. The van der Waals surface area contributed by atoms with Crippen LogP contribution >= 0.6 is 0 Å². The van der Waals surface area contributed by atoms with Crippen LogP contribution in [0, 0.1) is 5.92 Å². The summed E-state index contributed by atoms with van der Waals surface area (Å²) in [7, 11) is 0. The maximum atomic E-state index is 9.63. The number of rotatable bonds is 4. The molecule has 0 spiro atoms. The van der Waals surface area contributed by atoms with E-state index >= 15 is 0 Å². The fraction of sp³-hybridized carbons (Fsp3) is 0.714. The van der Waals surface area contributed by atoms with E-state index in [-0.39, 0.29) is 18.2 Å². The minimum Gasteiger partial charge on any atom is -0.468 e. The van der Waals surface area contributed by atoms with Crippen molar-refractivity contribution in [2.45, 2.75) is 44.9 Å². The van der Waals surface area contributed by atoms with Gasteiger partial charge in [-0.1, -0.05) is 0 Å². The maximum Gasteiger partial charge on any atom is 0.122 e. The summed E-state index contributed by atoms with van der Waals surface area (Å²) in [6.07, 6.45) is 3.56. The molecule has 102 valence electrons. The van der Waals surface area contributed by atoms with Gasteiger partial charge in [0.15, 0.2) is 0 Å². The highest BCUT2D eigenvalue weighted by molar-refractivity contribution is 5.07. The molecule has 1 aliphatic rings. The van der Waals surface area contributed by atoms with Gasteiger partial charge in [0.25, 0.3) is 0 Å². The minimum absolute atomic E-state index is 0.0410. The molecule has 18 heavy (non-hydrogen) atoms. The summed E-state index contributed by atoms with van der Waals surface area (Å²) < 4.78 is 5.51. The van der Waals surface area contributed by atoms with Crippen LogP contribution in [0.2, 0.25) is 0 Å². The van der Waals surface area contributed by atoms with Gasteiger partial charge in [-0.05, 0) is 57.8 Å². The number of hydrogen-bond acceptors (Lipinski definition) is 4. The van der Waals surface area contributed by atoms with Gasteiger partial charge in [-0.2, -0.15) is 0 Å². The lowest BCUT2D eigenvalue weighted by molar-refractivity contribution is 0.0462. The van der Waals surface area contributed by atoms with Crippen molar-refractivity contribution >= 4 is 0 Å². The Morgan fingerprint density at radius 1 is 1.39 bits per heavy atom. The molecule has 1 fully saturated rings. The normalized spacial score (nSPS) is 23.8. The number of nitrogens with zero attached hydrogens (tertiary/aromatic N) is 1. The molecule has 0 radical (unpaired) electrons. The predicted octanol–water partition coefficient (Wildman–Crippen LogP) is 1.76. The van der Waals surface area contributed by atoms with E-state index in [1.165, 1.54) is 0 Å². The van der Waals surface area contributed by atoms with Gasteiger partial charge in [0.05, 0.1) is 18.4 Å². The van der Waals surface area contributed by atoms with Gasteiger partial charge in [0, 0.05) is 6.04 Å². The molecule has 1 aliphatic heterocycles. The van der Waals surface area contributed by atoms with E-state index in [0.717, 1.165) is 31.7 Å². The first-order valence-corrected chi connectivity index (χ1v) is 6.80. The Balaban J connectivity index is 2.02. The number of nitrogens with two attached hydrogens (primary N) is 1. The Labute approximate surface area is 109 Å². The Morgan fingerprint density at radius 3 is 2.50 bits per heavy atom. The molecule has 0 aromatic carbocycles. The van der Waals surface area contributed by atoms with Crippen LogP contribution in [0.4, 0.5) is 0 Å². The standard InChI is InChI=1S/C14H24N2O2/c1-10(15)14(13-4-3-9-18-13)16-7-5-12(6-8-16)11(2)17/h3-4,9-12,14,17H,5-8,15H2,1-2H3. The topological polar surface area (TPSA) is 62.6 Å². The highest BCUT2D eigenvalue weighted by Crippen LogP contribution is 2.30. The summed E-state index contributed by atoms with van der Waals surface area (Å²) in [5.41, 5.74) is 6.10. The number of furan rings is 1. The molecule has 1 aromatic heterocycles. The molecule has 3 N–H and O–H groups in total. The van der Waals surface area contributed by atoms with Crippen LogP contribution in [0.1, 0.15) is 38.5 Å². The van der Waals surface area contributed by atoms with Crippen LogP contribution in [0.3, 0.4) is 0 Å². The van der Waals surface area contributed by atoms with Crippen molar-refractivity contribution in [3.63, 3.8) is 0 Å². The third-order valence-corrected chi connectivity index (χ3v) is 3.98. The van der Waals surface area contributed by atoms with Gasteiger partial charge >= 0.3 is 0 Å². The van der Waals surface area contributed by atoms with Crippen LogP contribution in [-0.4, -0.2) is 35.2 Å². The van der Waals surface area contributed by atoms with Crippen molar-refractivity contribution in [2.24, 2.45) is 11.7 Å². The highest BCUT2D eigenvalue weighted by Gasteiger charge is 2.31. The van der Waals surface area contributed by atoms with Crippen LogP contribution in [-0.2, 0) is 0 Å². The molecule has 3 atom stereocenters. The minimum atomic E-state index is -0.204. The van der Waals surface area contributed by atoms with Crippen LogP contribution in [0.15, 0.2) is 22.8 Å². The van der Waals surface area contributed by atoms with Crippen LogP contribution in [0.5, 0.6) is 0 Å². The average Bonchev–Trinajstić information content (AvgIpc) is 2.83. The number of hydrogen-bond donors (Lipinski definition) is 2. The maximum absolute atomic E-state index is 9.63. The van der Waals surface area contributed by atoms with Gasteiger partial charge in [-0.3, -0.25) is 4.90 Å². The lowest BCUT2D eigenvalue weighted by Gasteiger charge is -2.39. The SMILES string of the molecule is CC(N)C(c1ccco1)N1CCC(C(C)O)CC1. The summed E-state index contributed by atoms with van der Waals surface area (Å²) in [6, 6.07) is 4.09. The number of likely N-dealkylation sites (tertiary alicyclic amines) is 1. The second-order valence-electron chi connectivity index (χ2n) is 5.43. The molecule has 0 saturated carbocycles. The van der Waals surface area contributed by atoms with Gasteiger partial charge in [0.1, 0.15) is 5.76 Å². The molecule has 1 saturated heterocycles. The van der Waals surface area contributed by atoms with E-state index in [9.17, 15) is 5.11 Å². The van der Waals surface area contributed by atoms with Crippen molar-refractivity contribution in [1.82, 2.24) is 4.90 Å². The van der Waals surface area contributed by atoms with Crippen molar-refractivity contribution in [1.29, 1.82) is 0 Å². The smallest absolute Gasteiger partial charge is 0.122 e. The average molecular weight is 252 g/mol. The van der Waals surface area contributed by atoms with Gasteiger partial charge in [-0.15, -0.1) is 0 Å². The fourth-order valence-electron chi connectivity index (χ4n) is 2.91. The third-order valence-electron chi connectivity index (χ3n) is 3.98. The molecule has 0 bridgehead atoms. The zero-order valence-corrected chi connectivity index (χ0v) is 11.2. The molecule has 1 aromatic rings. The Morgan fingerprint density at radius 2 is 2.06 bits per heavy atom. The first-order chi connectivity index (χ1) is 8.59. The first kappa shape index (κ1) is 13.6. The molecule has 2 heterocycles. The van der Waals surface area contributed by atoms with Crippen molar-refractivity contribution < 1.29 is 9.52 Å². The molecule has 4 nitrogen and oxygen atoms in total. The number of aliphatic hydroxyl groups is 1. The van der Waals surface area contributed by atoms with E-state index in [1.54, 1.807) is 6.26 Å². The van der Waals surface area contributed by atoms with Gasteiger partial charge in [0.2, 0.25) is 0 Å². The summed E-state index contributed by atoms with van der Waals surface area (Å²) >= 11 is 0. The Bertz CT molecular complexity index is 341. The largest absolute Gasteiger partial charge is 0.468 e. The van der Waals surface area contributed by atoms with Crippen LogP contribution in [0.25, 0.3) is 0 Å². The van der Waals surface area contributed by atoms with E-state index in [4.69, 9.17) is 10.2 Å². The predicted molar refractivity (Wildman–Crippen MR) is 71.1 cm³/mol.